The number of anilines is 1. The Morgan fingerprint density at radius 2 is 1.74 bits per heavy atom. The van der Waals surface area contributed by atoms with Crippen LogP contribution in [0, 0.1) is 0 Å². The second-order valence-electron chi connectivity index (χ2n) is 8.30. The summed E-state index contributed by atoms with van der Waals surface area (Å²) in [5.74, 6) is -0.510. The molecule has 2 N–H and O–H groups in total. The molecule has 1 unspecified atom stereocenters. The van der Waals surface area contributed by atoms with Gasteiger partial charge in [-0.2, -0.15) is 5.10 Å². The van der Waals surface area contributed by atoms with Crippen molar-refractivity contribution >= 4 is 46.1 Å². The molecule has 0 aliphatic rings. The maximum atomic E-state index is 13.2. The van der Waals surface area contributed by atoms with E-state index in [0.29, 0.717) is 22.5 Å². The van der Waals surface area contributed by atoms with E-state index in [1.54, 1.807) is 57.2 Å². The van der Waals surface area contributed by atoms with Gasteiger partial charge < -0.3 is 10.2 Å². The molecule has 0 saturated carbocycles. The third kappa shape index (κ3) is 5.89. The highest BCUT2D eigenvalue weighted by atomic mass is 16.6. The molecule has 0 aliphatic carbocycles. The van der Waals surface area contributed by atoms with Crippen molar-refractivity contribution in [1.29, 1.82) is 0 Å². The molecular weight excluding hydrogens is 440 g/mol. The third-order valence-electron chi connectivity index (χ3n) is 5.24. The molecule has 0 bridgehead atoms. The standard InChI is InChI=1S/C28H26N4O3/c1-18(2)32-35-19(3)28(34)29-23-11-7-10-21(16-23)27(33)22-13-14-24-25(30-31-26(24)17-22)15-12-20-8-5-4-6-9-20/h4-17,19H,1-3H3,(H,29,34)(H,30,31)/b15-12+. The molecular formula is C28H26N4O3. The zero-order valence-electron chi connectivity index (χ0n) is 19.8. The Hall–Kier alpha value is -4.52. The minimum Gasteiger partial charge on any atom is -0.383 e. The summed E-state index contributed by atoms with van der Waals surface area (Å²) in [6.07, 6.45) is 3.17. The zero-order valence-corrected chi connectivity index (χ0v) is 19.8. The molecule has 1 amide bonds. The van der Waals surface area contributed by atoms with Crippen LogP contribution in [0.3, 0.4) is 0 Å². The molecule has 1 atom stereocenters. The zero-order chi connectivity index (χ0) is 24.8. The van der Waals surface area contributed by atoms with Gasteiger partial charge in [0, 0.05) is 22.2 Å². The number of carbonyl (C=O) groups excluding carboxylic acids is 2. The highest BCUT2D eigenvalue weighted by Gasteiger charge is 2.16. The van der Waals surface area contributed by atoms with Crippen molar-refractivity contribution in [3.63, 3.8) is 0 Å². The summed E-state index contributed by atoms with van der Waals surface area (Å²) < 4.78 is 0. The van der Waals surface area contributed by atoms with Gasteiger partial charge >= 0.3 is 0 Å². The first-order chi connectivity index (χ1) is 16.9. The number of aromatic amines is 1. The predicted octanol–water partition coefficient (Wildman–Crippen LogP) is 5.70. The molecule has 0 aliphatic heterocycles. The lowest BCUT2D eigenvalue weighted by molar-refractivity contribution is -0.126. The van der Waals surface area contributed by atoms with Crippen molar-refractivity contribution in [3.05, 3.63) is 95.2 Å². The summed E-state index contributed by atoms with van der Waals surface area (Å²) in [6.45, 7) is 5.17. The van der Waals surface area contributed by atoms with Crippen LogP contribution in [0.4, 0.5) is 5.69 Å². The van der Waals surface area contributed by atoms with E-state index in [2.05, 4.69) is 20.7 Å². The van der Waals surface area contributed by atoms with Crippen molar-refractivity contribution in [3.8, 4) is 0 Å². The van der Waals surface area contributed by atoms with Crippen LogP contribution in [-0.2, 0) is 9.63 Å². The molecule has 0 radical (unpaired) electrons. The lowest BCUT2D eigenvalue weighted by Crippen LogP contribution is -2.26. The van der Waals surface area contributed by atoms with Crippen LogP contribution in [0.15, 0.2) is 78.0 Å². The number of amides is 1. The smallest absolute Gasteiger partial charge is 0.267 e. The summed E-state index contributed by atoms with van der Waals surface area (Å²) in [6, 6.07) is 22.2. The van der Waals surface area contributed by atoms with E-state index in [0.717, 1.165) is 22.2 Å². The molecule has 7 heteroatoms. The Labute approximate surface area is 203 Å². The normalized spacial score (nSPS) is 11.9. The van der Waals surface area contributed by atoms with Crippen molar-refractivity contribution < 1.29 is 14.4 Å². The van der Waals surface area contributed by atoms with Crippen LogP contribution < -0.4 is 5.32 Å². The van der Waals surface area contributed by atoms with E-state index in [9.17, 15) is 9.59 Å². The Bertz CT molecular complexity index is 1420. The Morgan fingerprint density at radius 3 is 2.51 bits per heavy atom. The predicted molar refractivity (Wildman–Crippen MR) is 139 cm³/mol. The van der Waals surface area contributed by atoms with Crippen molar-refractivity contribution in [2.75, 3.05) is 5.32 Å². The van der Waals surface area contributed by atoms with Crippen molar-refractivity contribution in [2.45, 2.75) is 26.9 Å². The number of nitrogens with zero attached hydrogens (tertiary/aromatic N) is 2. The average Bonchev–Trinajstić information content (AvgIpc) is 3.28. The van der Waals surface area contributed by atoms with Gasteiger partial charge in [-0.25, -0.2) is 0 Å². The quantitative estimate of drug-likeness (QED) is 0.198. The van der Waals surface area contributed by atoms with Crippen LogP contribution in [0.1, 0.15) is 48.0 Å². The van der Waals surface area contributed by atoms with Crippen LogP contribution in [0.5, 0.6) is 0 Å². The van der Waals surface area contributed by atoms with E-state index in [1.165, 1.54) is 0 Å². The van der Waals surface area contributed by atoms with Crippen LogP contribution in [-0.4, -0.2) is 33.7 Å². The van der Waals surface area contributed by atoms with Gasteiger partial charge in [0.2, 0.25) is 6.10 Å². The van der Waals surface area contributed by atoms with Gasteiger partial charge in [-0.3, -0.25) is 14.7 Å². The molecule has 1 aromatic heterocycles. The SMILES string of the molecule is CC(C)=NOC(C)C(=O)Nc1cccc(C(=O)c2ccc3c(/C=C/c4ccccc4)n[nH]c3c2)c1. The first-order valence-corrected chi connectivity index (χ1v) is 11.2. The van der Waals surface area contributed by atoms with E-state index >= 15 is 0 Å². The van der Waals surface area contributed by atoms with Crippen LogP contribution >= 0.6 is 0 Å². The summed E-state index contributed by atoms with van der Waals surface area (Å²) in [5.41, 5.74) is 4.85. The maximum Gasteiger partial charge on any atom is 0.267 e. The van der Waals surface area contributed by atoms with Gasteiger partial charge in [-0.05, 0) is 56.7 Å². The van der Waals surface area contributed by atoms with Gasteiger partial charge in [0.15, 0.2) is 5.78 Å². The monoisotopic (exact) mass is 466 g/mol. The van der Waals surface area contributed by atoms with Crippen molar-refractivity contribution in [1.82, 2.24) is 10.2 Å². The molecule has 35 heavy (non-hydrogen) atoms. The van der Waals surface area contributed by atoms with Gasteiger partial charge in [0.25, 0.3) is 5.91 Å². The molecule has 4 aromatic rings. The molecule has 1 heterocycles. The summed E-state index contributed by atoms with van der Waals surface area (Å²) in [5, 5.41) is 14.9. The molecule has 0 fully saturated rings. The number of ketones is 1. The van der Waals surface area contributed by atoms with Gasteiger partial charge in [-0.15, -0.1) is 0 Å². The molecule has 7 nitrogen and oxygen atoms in total. The number of nitrogens with one attached hydrogen (secondary N) is 2. The lowest BCUT2D eigenvalue weighted by atomic mass is 10.0. The van der Waals surface area contributed by atoms with Gasteiger partial charge in [0.05, 0.1) is 16.9 Å². The van der Waals surface area contributed by atoms with E-state index in [-0.39, 0.29) is 11.7 Å². The largest absolute Gasteiger partial charge is 0.383 e. The number of aromatic nitrogens is 2. The van der Waals surface area contributed by atoms with E-state index < -0.39 is 6.10 Å². The Morgan fingerprint density at radius 1 is 0.971 bits per heavy atom. The number of hydrogen-bond acceptors (Lipinski definition) is 5. The van der Waals surface area contributed by atoms with E-state index in [4.69, 9.17) is 4.84 Å². The Kier molecular flexibility index (Phi) is 7.16. The minimum atomic E-state index is -0.767. The fourth-order valence-corrected chi connectivity index (χ4v) is 3.43. The van der Waals surface area contributed by atoms with Gasteiger partial charge in [-0.1, -0.05) is 59.8 Å². The Balaban J connectivity index is 1.50. The highest BCUT2D eigenvalue weighted by Crippen LogP contribution is 2.22. The molecule has 0 saturated heterocycles. The third-order valence-corrected chi connectivity index (χ3v) is 5.24. The summed E-state index contributed by atoms with van der Waals surface area (Å²) in [4.78, 5) is 30.7. The summed E-state index contributed by atoms with van der Waals surface area (Å²) >= 11 is 0. The van der Waals surface area contributed by atoms with Gasteiger partial charge in [0.1, 0.15) is 0 Å². The van der Waals surface area contributed by atoms with E-state index in [1.807, 2.05) is 48.6 Å². The second kappa shape index (κ2) is 10.6. The average molecular weight is 467 g/mol. The fourth-order valence-electron chi connectivity index (χ4n) is 3.43. The number of oxime groups is 1. The first kappa shape index (κ1) is 23.6. The molecule has 176 valence electrons. The summed E-state index contributed by atoms with van der Waals surface area (Å²) in [7, 11) is 0. The fraction of sp³-hybridized carbons (Fsp3) is 0.143. The number of benzene rings is 3. The van der Waals surface area contributed by atoms with Crippen LogP contribution in [0.25, 0.3) is 23.1 Å². The molecule has 0 spiro atoms. The van der Waals surface area contributed by atoms with Crippen LogP contribution in [0.2, 0.25) is 0 Å². The number of fused-ring (bicyclic) bond motifs is 1. The lowest BCUT2D eigenvalue weighted by Gasteiger charge is -2.11. The number of rotatable bonds is 8. The molecule has 3 aromatic carbocycles. The highest BCUT2D eigenvalue weighted by molar-refractivity contribution is 6.11. The molecule has 4 rings (SSSR count). The minimum absolute atomic E-state index is 0.158. The number of carbonyl (C=O) groups is 2. The second-order valence-corrected chi connectivity index (χ2v) is 8.30. The maximum absolute atomic E-state index is 13.2. The van der Waals surface area contributed by atoms with Crippen molar-refractivity contribution in [2.24, 2.45) is 5.16 Å². The first-order valence-electron chi connectivity index (χ1n) is 11.2. The topological polar surface area (TPSA) is 96.4 Å². The number of H-pyrrole nitrogens is 1. The number of hydrogen-bond donors (Lipinski definition) is 2.